The first-order chi connectivity index (χ1) is 13.5. The number of hydrogen-bond acceptors (Lipinski definition) is 4. The van der Waals surface area contributed by atoms with Gasteiger partial charge in [-0.05, 0) is 38.1 Å². The first kappa shape index (κ1) is 19.9. The maximum absolute atomic E-state index is 12.0. The lowest BCUT2D eigenvalue weighted by atomic mass is 10.2. The van der Waals surface area contributed by atoms with Crippen molar-refractivity contribution in [2.24, 2.45) is 5.10 Å². The summed E-state index contributed by atoms with van der Waals surface area (Å²) in [6.07, 6.45) is 1.47. The topological polar surface area (TPSA) is 71.3 Å². The maximum Gasteiger partial charge on any atom is 0.259 e. The Labute approximate surface area is 173 Å². The zero-order chi connectivity index (χ0) is 20.1. The largest absolute Gasteiger partial charge is 0.376 e. The van der Waals surface area contributed by atoms with Gasteiger partial charge in [0.2, 0.25) is 0 Å². The van der Waals surface area contributed by atoms with Gasteiger partial charge in [0.1, 0.15) is 5.15 Å². The van der Waals surface area contributed by atoms with Crippen LogP contribution in [0.4, 0.5) is 5.69 Å². The first-order valence-electron chi connectivity index (χ1n) is 8.58. The smallest absolute Gasteiger partial charge is 0.259 e. The molecular weight excluding hydrogens is 397 g/mol. The maximum atomic E-state index is 12.0. The average molecular weight is 416 g/mol. The van der Waals surface area contributed by atoms with Gasteiger partial charge in [0.15, 0.2) is 0 Å². The molecule has 0 aliphatic carbocycles. The summed E-state index contributed by atoms with van der Waals surface area (Å²) in [6.45, 7) is 3.92. The quantitative estimate of drug-likeness (QED) is 0.464. The predicted octanol–water partition coefficient (Wildman–Crippen LogP) is 4.36. The lowest BCUT2D eigenvalue weighted by Crippen LogP contribution is -2.25. The third kappa shape index (κ3) is 4.71. The van der Waals surface area contributed by atoms with Gasteiger partial charge in [0.05, 0.1) is 34.7 Å². The Kier molecular flexibility index (Phi) is 6.34. The van der Waals surface area contributed by atoms with Crippen LogP contribution in [0.3, 0.4) is 0 Å². The number of para-hydroxylation sites is 1. The van der Waals surface area contributed by atoms with Gasteiger partial charge in [-0.25, -0.2) is 10.1 Å². The molecule has 2 aromatic carbocycles. The van der Waals surface area contributed by atoms with Crippen molar-refractivity contribution in [2.45, 2.75) is 13.8 Å². The van der Waals surface area contributed by atoms with Crippen LogP contribution in [0.15, 0.2) is 53.6 Å². The number of hydrazone groups is 1. The minimum atomic E-state index is -0.274. The highest BCUT2D eigenvalue weighted by atomic mass is 35.5. The van der Waals surface area contributed by atoms with Crippen LogP contribution in [0.2, 0.25) is 10.2 Å². The molecule has 2 N–H and O–H groups in total. The van der Waals surface area contributed by atoms with Gasteiger partial charge >= 0.3 is 0 Å². The molecule has 0 radical (unpaired) electrons. The van der Waals surface area contributed by atoms with Crippen LogP contribution in [0.25, 0.3) is 5.69 Å². The molecule has 144 valence electrons. The molecule has 3 aromatic rings. The second kappa shape index (κ2) is 8.91. The molecule has 0 spiro atoms. The molecule has 6 nitrogen and oxygen atoms in total. The van der Waals surface area contributed by atoms with Gasteiger partial charge in [-0.1, -0.05) is 53.0 Å². The molecule has 1 heterocycles. The van der Waals surface area contributed by atoms with Crippen LogP contribution < -0.4 is 10.7 Å². The van der Waals surface area contributed by atoms with E-state index in [-0.39, 0.29) is 12.5 Å². The van der Waals surface area contributed by atoms with Crippen molar-refractivity contribution in [2.75, 3.05) is 11.9 Å². The van der Waals surface area contributed by atoms with E-state index in [1.165, 1.54) is 6.21 Å². The molecular formula is C20H19Cl2N5O. The number of anilines is 1. The highest BCUT2D eigenvalue weighted by Crippen LogP contribution is 2.26. The summed E-state index contributed by atoms with van der Waals surface area (Å²) in [5.41, 5.74) is 6.44. The van der Waals surface area contributed by atoms with Gasteiger partial charge in [-0.3, -0.25) is 4.79 Å². The first-order valence-corrected chi connectivity index (χ1v) is 9.34. The van der Waals surface area contributed by atoms with Crippen LogP contribution in [0.5, 0.6) is 0 Å². The summed E-state index contributed by atoms with van der Waals surface area (Å²) in [7, 11) is 0. The number of carbonyl (C=O) groups excluding carboxylic acids is 1. The lowest BCUT2D eigenvalue weighted by Gasteiger charge is -2.05. The molecule has 0 saturated carbocycles. The SMILES string of the molecule is Cc1ccc(NCC(=O)N/N=C/c2c(C)nn(-c3ccccc3Cl)c2Cl)cc1. The van der Waals surface area contributed by atoms with E-state index in [4.69, 9.17) is 23.2 Å². The summed E-state index contributed by atoms with van der Waals surface area (Å²) in [6, 6.07) is 15.0. The number of carbonyl (C=O) groups is 1. The van der Waals surface area contributed by atoms with Gasteiger partial charge < -0.3 is 5.32 Å². The molecule has 0 fully saturated rings. The van der Waals surface area contributed by atoms with Crippen LogP contribution >= 0.6 is 23.2 Å². The lowest BCUT2D eigenvalue weighted by molar-refractivity contribution is -0.119. The molecule has 0 aliphatic rings. The molecule has 0 unspecified atom stereocenters. The van der Waals surface area contributed by atoms with Crippen LogP contribution in [0, 0.1) is 13.8 Å². The van der Waals surface area contributed by atoms with E-state index in [9.17, 15) is 4.79 Å². The third-order valence-electron chi connectivity index (χ3n) is 4.02. The Morgan fingerprint density at radius 2 is 1.86 bits per heavy atom. The Hall–Kier alpha value is -2.83. The molecule has 0 aliphatic heterocycles. The zero-order valence-electron chi connectivity index (χ0n) is 15.4. The molecule has 3 rings (SSSR count). The molecule has 28 heavy (non-hydrogen) atoms. The molecule has 8 heteroatoms. The van der Waals surface area contributed by atoms with E-state index in [1.807, 2.05) is 49.4 Å². The highest BCUT2D eigenvalue weighted by Gasteiger charge is 2.15. The minimum Gasteiger partial charge on any atom is -0.376 e. The fraction of sp³-hybridized carbons (Fsp3) is 0.150. The number of hydrogen-bond donors (Lipinski definition) is 2. The van der Waals surface area contributed by atoms with Crippen molar-refractivity contribution >= 4 is 41.0 Å². The Morgan fingerprint density at radius 1 is 1.14 bits per heavy atom. The van der Waals surface area contributed by atoms with Crippen molar-refractivity contribution in [3.05, 3.63) is 75.5 Å². The molecule has 1 amide bonds. The van der Waals surface area contributed by atoms with Crippen LogP contribution in [-0.4, -0.2) is 28.4 Å². The van der Waals surface area contributed by atoms with Gasteiger partial charge in [-0.2, -0.15) is 10.2 Å². The number of amides is 1. The summed E-state index contributed by atoms with van der Waals surface area (Å²) >= 11 is 12.6. The molecule has 0 bridgehead atoms. The van der Waals surface area contributed by atoms with Crippen molar-refractivity contribution < 1.29 is 4.79 Å². The van der Waals surface area contributed by atoms with Gasteiger partial charge in [0, 0.05) is 5.69 Å². The predicted molar refractivity (Wildman–Crippen MR) is 114 cm³/mol. The molecule has 0 saturated heterocycles. The van der Waals surface area contributed by atoms with Crippen molar-refractivity contribution in [1.82, 2.24) is 15.2 Å². The number of nitrogens with one attached hydrogen (secondary N) is 2. The Bertz CT molecular complexity index is 1010. The summed E-state index contributed by atoms with van der Waals surface area (Å²) in [5.74, 6) is -0.274. The van der Waals surface area contributed by atoms with Crippen LogP contribution in [-0.2, 0) is 4.79 Å². The zero-order valence-corrected chi connectivity index (χ0v) is 16.9. The minimum absolute atomic E-state index is 0.103. The Balaban J connectivity index is 1.63. The monoisotopic (exact) mass is 415 g/mol. The fourth-order valence-electron chi connectivity index (χ4n) is 2.50. The standard InChI is InChI=1S/C20H19Cl2N5O/c1-13-7-9-15(10-8-13)23-12-19(28)25-24-11-16-14(2)26-27(20(16)22)18-6-4-3-5-17(18)21/h3-11,23H,12H2,1-2H3,(H,25,28)/b24-11+. The van der Waals surface area contributed by atoms with E-state index in [0.29, 0.717) is 27.1 Å². The number of aromatic nitrogens is 2. The van der Waals surface area contributed by atoms with Gasteiger partial charge in [0.25, 0.3) is 5.91 Å². The normalized spacial score (nSPS) is 11.0. The summed E-state index contributed by atoms with van der Waals surface area (Å²) in [5, 5.41) is 12.3. The third-order valence-corrected chi connectivity index (χ3v) is 4.70. The van der Waals surface area contributed by atoms with E-state index in [1.54, 1.807) is 17.7 Å². The van der Waals surface area contributed by atoms with Crippen molar-refractivity contribution in [3.8, 4) is 5.69 Å². The van der Waals surface area contributed by atoms with Crippen molar-refractivity contribution in [3.63, 3.8) is 0 Å². The fourth-order valence-corrected chi connectivity index (χ4v) is 3.03. The Morgan fingerprint density at radius 3 is 2.57 bits per heavy atom. The van der Waals surface area contributed by atoms with Crippen molar-refractivity contribution in [1.29, 1.82) is 0 Å². The number of benzene rings is 2. The van der Waals surface area contributed by atoms with E-state index < -0.39 is 0 Å². The number of halogens is 2. The van der Waals surface area contributed by atoms with E-state index in [2.05, 4.69) is 20.9 Å². The summed E-state index contributed by atoms with van der Waals surface area (Å²) < 4.78 is 1.54. The van der Waals surface area contributed by atoms with E-state index >= 15 is 0 Å². The average Bonchev–Trinajstić information content (AvgIpc) is 2.96. The second-order valence-electron chi connectivity index (χ2n) is 6.17. The number of rotatable bonds is 6. The van der Waals surface area contributed by atoms with Gasteiger partial charge in [-0.15, -0.1) is 0 Å². The van der Waals surface area contributed by atoms with E-state index in [0.717, 1.165) is 11.3 Å². The highest BCUT2D eigenvalue weighted by molar-refractivity contribution is 6.34. The number of aryl methyl sites for hydroxylation is 2. The molecule has 0 atom stereocenters. The van der Waals surface area contributed by atoms with Crippen LogP contribution in [0.1, 0.15) is 16.8 Å². The number of nitrogens with zero attached hydrogens (tertiary/aromatic N) is 3. The summed E-state index contributed by atoms with van der Waals surface area (Å²) in [4.78, 5) is 12.0. The molecule has 1 aromatic heterocycles. The second-order valence-corrected chi connectivity index (χ2v) is 6.93.